The minimum atomic E-state index is -0.614. The zero-order valence-electron chi connectivity index (χ0n) is 12.9. The van der Waals surface area contributed by atoms with Crippen LogP contribution in [0.15, 0.2) is 30.3 Å². The third-order valence-electron chi connectivity index (χ3n) is 3.79. The third-order valence-corrected chi connectivity index (χ3v) is 4.03. The van der Waals surface area contributed by atoms with E-state index in [1.54, 1.807) is 19.2 Å². The molecule has 0 bridgehead atoms. The molecular weight excluding hydrogens is 284 g/mol. The van der Waals surface area contributed by atoms with Crippen LogP contribution in [0, 0.1) is 20.8 Å². The van der Waals surface area contributed by atoms with Gasteiger partial charge in [0.05, 0.1) is 13.2 Å². The number of hydrogen-bond donors (Lipinski definition) is 1. The zero-order chi connectivity index (χ0) is 15.6. The molecule has 0 saturated heterocycles. The van der Waals surface area contributed by atoms with Crippen LogP contribution in [-0.4, -0.2) is 12.2 Å². The first-order chi connectivity index (χ1) is 9.92. The van der Waals surface area contributed by atoms with Crippen molar-refractivity contribution in [2.75, 3.05) is 7.11 Å². The molecule has 112 valence electrons. The van der Waals surface area contributed by atoms with Crippen LogP contribution in [0.5, 0.6) is 5.75 Å². The first kappa shape index (κ1) is 15.9. The number of benzene rings is 2. The van der Waals surface area contributed by atoms with Crippen molar-refractivity contribution in [2.24, 2.45) is 0 Å². The van der Waals surface area contributed by atoms with Crippen LogP contribution in [0.2, 0.25) is 5.02 Å². The summed E-state index contributed by atoms with van der Waals surface area (Å²) in [6.45, 7) is 6.25. The maximum absolute atomic E-state index is 10.6. The van der Waals surface area contributed by atoms with Gasteiger partial charge < -0.3 is 9.84 Å². The van der Waals surface area contributed by atoms with Crippen LogP contribution in [0.4, 0.5) is 0 Å². The molecule has 0 spiro atoms. The second-order valence-electron chi connectivity index (χ2n) is 5.48. The summed E-state index contributed by atoms with van der Waals surface area (Å²) in [5, 5.41) is 11.2. The average molecular weight is 305 g/mol. The number of methoxy groups -OCH3 is 1. The van der Waals surface area contributed by atoms with Gasteiger partial charge in [0.25, 0.3) is 0 Å². The number of halogens is 1. The lowest BCUT2D eigenvalue weighted by molar-refractivity contribution is 0.173. The fraction of sp³-hybridized carbons (Fsp3) is 0.333. The molecule has 2 aromatic rings. The summed E-state index contributed by atoms with van der Waals surface area (Å²) < 4.78 is 5.32. The maximum Gasteiger partial charge on any atom is 0.126 e. The molecule has 2 rings (SSSR count). The van der Waals surface area contributed by atoms with E-state index >= 15 is 0 Å². The highest BCUT2D eigenvalue weighted by Gasteiger charge is 2.16. The van der Waals surface area contributed by atoms with E-state index in [1.807, 2.05) is 6.07 Å². The highest BCUT2D eigenvalue weighted by atomic mass is 35.5. The third kappa shape index (κ3) is 3.58. The fourth-order valence-corrected chi connectivity index (χ4v) is 2.96. The second kappa shape index (κ2) is 6.50. The van der Waals surface area contributed by atoms with E-state index in [4.69, 9.17) is 16.3 Å². The quantitative estimate of drug-likeness (QED) is 0.898. The average Bonchev–Trinajstić information content (AvgIpc) is 2.42. The molecule has 1 unspecified atom stereocenters. The van der Waals surface area contributed by atoms with E-state index in [2.05, 4.69) is 32.9 Å². The monoisotopic (exact) mass is 304 g/mol. The Hall–Kier alpha value is -1.51. The van der Waals surface area contributed by atoms with E-state index in [1.165, 1.54) is 22.3 Å². The smallest absolute Gasteiger partial charge is 0.126 e. The van der Waals surface area contributed by atoms with Gasteiger partial charge in [-0.05, 0) is 49.6 Å². The van der Waals surface area contributed by atoms with Crippen LogP contribution in [-0.2, 0) is 6.42 Å². The molecule has 0 amide bonds. The number of rotatable bonds is 4. The zero-order valence-corrected chi connectivity index (χ0v) is 13.7. The van der Waals surface area contributed by atoms with E-state index in [0.717, 1.165) is 5.56 Å². The van der Waals surface area contributed by atoms with Gasteiger partial charge in [-0.2, -0.15) is 0 Å². The summed E-state index contributed by atoms with van der Waals surface area (Å²) in [5.41, 5.74) is 5.61. The normalized spacial score (nSPS) is 12.3. The molecule has 21 heavy (non-hydrogen) atoms. The van der Waals surface area contributed by atoms with Gasteiger partial charge in [-0.1, -0.05) is 35.4 Å². The Bertz CT molecular complexity index is 627. The summed E-state index contributed by atoms with van der Waals surface area (Å²) in [5.74, 6) is 0.623. The van der Waals surface area contributed by atoms with E-state index in [0.29, 0.717) is 17.2 Å². The molecule has 3 heteroatoms. The Balaban J connectivity index is 2.32. The predicted molar refractivity (Wildman–Crippen MR) is 87.3 cm³/mol. The molecule has 0 aliphatic carbocycles. The lowest BCUT2D eigenvalue weighted by Gasteiger charge is -2.18. The molecule has 0 fully saturated rings. The lowest BCUT2D eigenvalue weighted by atomic mass is 9.93. The number of aryl methyl sites for hydroxylation is 3. The van der Waals surface area contributed by atoms with Crippen LogP contribution >= 0.6 is 11.6 Å². The Labute approximate surface area is 131 Å². The SMILES string of the molecule is COc1cc(Cl)ccc1C(O)Cc1c(C)cc(C)cc1C. The molecule has 0 heterocycles. The first-order valence-corrected chi connectivity index (χ1v) is 7.38. The van der Waals surface area contributed by atoms with E-state index in [9.17, 15) is 5.11 Å². The fourth-order valence-electron chi connectivity index (χ4n) is 2.80. The summed E-state index contributed by atoms with van der Waals surface area (Å²) in [6.07, 6.45) is -0.0482. The largest absolute Gasteiger partial charge is 0.496 e. The van der Waals surface area contributed by atoms with Gasteiger partial charge in [0.15, 0.2) is 0 Å². The van der Waals surface area contributed by atoms with Crippen molar-refractivity contribution in [3.05, 3.63) is 63.2 Å². The number of hydrogen-bond acceptors (Lipinski definition) is 2. The molecule has 1 atom stereocenters. The molecule has 1 N–H and O–H groups in total. The summed E-state index contributed by atoms with van der Waals surface area (Å²) in [6, 6.07) is 9.62. The minimum absolute atomic E-state index is 0.565. The van der Waals surface area contributed by atoms with E-state index in [-0.39, 0.29) is 0 Å². The highest BCUT2D eigenvalue weighted by Crippen LogP contribution is 2.31. The maximum atomic E-state index is 10.6. The summed E-state index contributed by atoms with van der Waals surface area (Å²) in [7, 11) is 1.59. The Morgan fingerprint density at radius 1 is 1.10 bits per heavy atom. The van der Waals surface area contributed by atoms with Gasteiger partial charge in [-0.3, -0.25) is 0 Å². The van der Waals surface area contributed by atoms with Gasteiger partial charge in [0, 0.05) is 17.0 Å². The van der Waals surface area contributed by atoms with Gasteiger partial charge in [0.1, 0.15) is 5.75 Å². The molecule has 0 saturated carbocycles. The summed E-state index contributed by atoms with van der Waals surface area (Å²) in [4.78, 5) is 0. The molecule has 0 aliphatic heterocycles. The van der Waals surface area contributed by atoms with Crippen molar-refractivity contribution < 1.29 is 9.84 Å². The standard InChI is InChI=1S/C18H21ClO2/c1-11-7-12(2)16(13(3)8-11)10-17(20)15-6-5-14(19)9-18(15)21-4/h5-9,17,20H,10H2,1-4H3. The predicted octanol–water partition coefficient (Wildman–Crippen LogP) is 4.55. The Kier molecular flexibility index (Phi) is 4.92. The topological polar surface area (TPSA) is 29.5 Å². The van der Waals surface area contributed by atoms with Gasteiger partial charge in [-0.25, -0.2) is 0 Å². The lowest BCUT2D eigenvalue weighted by Crippen LogP contribution is -2.07. The number of aliphatic hydroxyl groups is 1. The Morgan fingerprint density at radius 3 is 2.29 bits per heavy atom. The second-order valence-corrected chi connectivity index (χ2v) is 5.92. The molecule has 0 aliphatic rings. The van der Waals surface area contributed by atoms with Crippen LogP contribution in [0.1, 0.15) is 33.9 Å². The van der Waals surface area contributed by atoms with Crippen molar-refractivity contribution in [1.82, 2.24) is 0 Å². The van der Waals surface area contributed by atoms with Crippen molar-refractivity contribution >= 4 is 11.6 Å². The van der Waals surface area contributed by atoms with Crippen LogP contribution in [0.25, 0.3) is 0 Å². The van der Waals surface area contributed by atoms with Crippen LogP contribution < -0.4 is 4.74 Å². The van der Waals surface area contributed by atoms with Crippen molar-refractivity contribution in [3.8, 4) is 5.75 Å². The van der Waals surface area contributed by atoms with Gasteiger partial charge >= 0.3 is 0 Å². The molecule has 0 radical (unpaired) electrons. The molecule has 2 nitrogen and oxygen atoms in total. The van der Waals surface area contributed by atoms with Crippen molar-refractivity contribution in [3.63, 3.8) is 0 Å². The molecule has 2 aromatic carbocycles. The van der Waals surface area contributed by atoms with E-state index < -0.39 is 6.10 Å². The first-order valence-electron chi connectivity index (χ1n) is 7.00. The number of aliphatic hydroxyl groups excluding tert-OH is 1. The highest BCUT2D eigenvalue weighted by molar-refractivity contribution is 6.30. The van der Waals surface area contributed by atoms with Crippen molar-refractivity contribution in [2.45, 2.75) is 33.3 Å². The summed E-state index contributed by atoms with van der Waals surface area (Å²) >= 11 is 5.97. The molecular formula is C18H21ClO2. The van der Waals surface area contributed by atoms with Crippen LogP contribution in [0.3, 0.4) is 0 Å². The van der Waals surface area contributed by atoms with Gasteiger partial charge in [-0.15, -0.1) is 0 Å². The minimum Gasteiger partial charge on any atom is -0.496 e. The molecule has 0 aromatic heterocycles. The van der Waals surface area contributed by atoms with Gasteiger partial charge in [0.2, 0.25) is 0 Å². The number of ether oxygens (including phenoxy) is 1. The Morgan fingerprint density at radius 2 is 1.71 bits per heavy atom. The van der Waals surface area contributed by atoms with Crippen molar-refractivity contribution in [1.29, 1.82) is 0 Å².